The number of hydrogen-bond donors (Lipinski definition) is 1. The summed E-state index contributed by atoms with van der Waals surface area (Å²) in [7, 11) is 0. The van der Waals surface area contributed by atoms with Gasteiger partial charge in [-0.25, -0.2) is 0 Å². The van der Waals surface area contributed by atoms with E-state index >= 15 is 0 Å². The van der Waals surface area contributed by atoms with Crippen molar-refractivity contribution in [2.45, 2.75) is 32.0 Å². The van der Waals surface area contributed by atoms with Crippen molar-refractivity contribution in [2.75, 3.05) is 13.2 Å². The van der Waals surface area contributed by atoms with Crippen LogP contribution >= 0.6 is 0 Å². The van der Waals surface area contributed by atoms with Gasteiger partial charge in [0.25, 0.3) is 0 Å². The first-order valence-corrected chi connectivity index (χ1v) is 6.24. The van der Waals surface area contributed by atoms with Crippen molar-refractivity contribution >= 4 is 5.97 Å². The van der Waals surface area contributed by atoms with Crippen molar-refractivity contribution in [1.29, 1.82) is 0 Å². The third-order valence-electron chi connectivity index (χ3n) is 3.38. The number of benzene rings is 1. The molecule has 0 saturated carbocycles. The SMILES string of the molecule is CC(=O)OC[C@H]1C[C@@H](CO)N1Cc1ccccc1. The third kappa shape index (κ3) is 3.09. The predicted octanol–water partition coefficient (Wildman–Crippen LogP) is 1.18. The van der Waals surface area contributed by atoms with Crippen LogP contribution in [0.15, 0.2) is 30.3 Å². The van der Waals surface area contributed by atoms with Crippen LogP contribution < -0.4 is 0 Å². The minimum absolute atomic E-state index is 0.156. The van der Waals surface area contributed by atoms with Gasteiger partial charge in [-0.1, -0.05) is 30.3 Å². The van der Waals surface area contributed by atoms with Gasteiger partial charge in [-0.3, -0.25) is 9.69 Å². The van der Waals surface area contributed by atoms with E-state index in [1.54, 1.807) is 0 Å². The highest BCUT2D eigenvalue weighted by Gasteiger charge is 2.38. The summed E-state index contributed by atoms with van der Waals surface area (Å²) >= 11 is 0. The van der Waals surface area contributed by atoms with Crippen LogP contribution in [0.5, 0.6) is 0 Å². The number of carbonyl (C=O) groups excluding carboxylic acids is 1. The van der Waals surface area contributed by atoms with Crippen molar-refractivity contribution in [3.8, 4) is 0 Å². The first-order valence-electron chi connectivity index (χ1n) is 6.24. The van der Waals surface area contributed by atoms with Crippen LogP contribution in [0, 0.1) is 0 Å². The molecule has 4 heteroatoms. The summed E-state index contributed by atoms with van der Waals surface area (Å²) in [5.41, 5.74) is 1.21. The molecule has 0 aliphatic carbocycles. The molecule has 0 spiro atoms. The molecule has 1 aromatic carbocycles. The number of ether oxygens (including phenoxy) is 1. The molecule has 0 bridgehead atoms. The van der Waals surface area contributed by atoms with Crippen LogP contribution in [-0.4, -0.2) is 41.3 Å². The van der Waals surface area contributed by atoms with Crippen LogP contribution in [0.25, 0.3) is 0 Å². The number of carbonyl (C=O) groups is 1. The number of nitrogens with zero attached hydrogens (tertiary/aromatic N) is 1. The summed E-state index contributed by atoms with van der Waals surface area (Å²) in [4.78, 5) is 13.0. The van der Waals surface area contributed by atoms with Gasteiger partial charge in [0, 0.05) is 25.6 Å². The fraction of sp³-hybridized carbons (Fsp3) is 0.500. The molecule has 1 aliphatic rings. The zero-order valence-corrected chi connectivity index (χ0v) is 10.6. The molecule has 0 aromatic heterocycles. The standard InChI is InChI=1S/C14H19NO3/c1-11(17)18-10-14-7-13(9-16)15(14)8-12-5-3-2-4-6-12/h2-6,13-14,16H,7-10H2,1H3/t13-,14+/m0/s1. The van der Waals surface area contributed by atoms with Crippen molar-refractivity contribution in [2.24, 2.45) is 0 Å². The minimum Gasteiger partial charge on any atom is -0.464 e. The van der Waals surface area contributed by atoms with Crippen LogP contribution in [0.4, 0.5) is 0 Å². The Hall–Kier alpha value is -1.39. The van der Waals surface area contributed by atoms with Crippen molar-refractivity contribution in [1.82, 2.24) is 4.90 Å². The highest BCUT2D eigenvalue weighted by molar-refractivity contribution is 5.65. The van der Waals surface area contributed by atoms with Gasteiger partial charge in [0.1, 0.15) is 6.61 Å². The van der Waals surface area contributed by atoms with Crippen molar-refractivity contribution in [3.05, 3.63) is 35.9 Å². The number of rotatable bonds is 5. The molecule has 4 nitrogen and oxygen atoms in total. The van der Waals surface area contributed by atoms with E-state index in [1.807, 2.05) is 18.2 Å². The lowest BCUT2D eigenvalue weighted by Gasteiger charge is -2.47. The van der Waals surface area contributed by atoms with Gasteiger partial charge in [-0.05, 0) is 12.0 Å². The molecule has 1 heterocycles. The lowest BCUT2D eigenvalue weighted by molar-refractivity contribution is -0.147. The topological polar surface area (TPSA) is 49.8 Å². The van der Waals surface area contributed by atoms with E-state index in [9.17, 15) is 9.90 Å². The highest BCUT2D eigenvalue weighted by Crippen LogP contribution is 2.27. The lowest BCUT2D eigenvalue weighted by atomic mass is 9.93. The zero-order chi connectivity index (χ0) is 13.0. The van der Waals surface area contributed by atoms with E-state index in [0.29, 0.717) is 6.61 Å². The molecule has 1 saturated heterocycles. The summed E-state index contributed by atoms with van der Waals surface area (Å²) in [6, 6.07) is 10.5. The first kappa shape index (κ1) is 13.1. The van der Waals surface area contributed by atoms with E-state index in [4.69, 9.17) is 4.74 Å². The summed E-state index contributed by atoms with van der Waals surface area (Å²) in [5.74, 6) is -0.248. The molecule has 18 heavy (non-hydrogen) atoms. The molecule has 1 aliphatic heterocycles. The van der Waals surface area contributed by atoms with Crippen molar-refractivity contribution in [3.63, 3.8) is 0 Å². The van der Waals surface area contributed by atoms with E-state index < -0.39 is 0 Å². The average Bonchev–Trinajstić information content (AvgIpc) is 2.36. The highest BCUT2D eigenvalue weighted by atomic mass is 16.5. The fourth-order valence-corrected chi connectivity index (χ4v) is 2.35. The Morgan fingerprint density at radius 2 is 2.11 bits per heavy atom. The summed E-state index contributed by atoms with van der Waals surface area (Å²) < 4.78 is 5.04. The molecule has 0 amide bonds. The molecule has 1 fully saturated rings. The summed E-state index contributed by atoms with van der Waals surface area (Å²) in [6.45, 7) is 2.78. The second-order valence-electron chi connectivity index (χ2n) is 4.69. The molecular weight excluding hydrogens is 230 g/mol. The smallest absolute Gasteiger partial charge is 0.302 e. The number of aliphatic hydroxyl groups excluding tert-OH is 1. The quantitative estimate of drug-likeness (QED) is 0.796. The maximum Gasteiger partial charge on any atom is 0.302 e. The average molecular weight is 249 g/mol. The van der Waals surface area contributed by atoms with Gasteiger partial charge in [0.2, 0.25) is 0 Å². The van der Waals surface area contributed by atoms with Gasteiger partial charge in [-0.2, -0.15) is 0 Å². The van der Waals surface area contributed by atoms with Crippen LogP contribution in [0.1, 0.15) is 18.9 Å². The van der Waals surface area contributed by atoms with Gasteiger partial charge >= 0.3 is 5.97 Å². The van der Waals surface area contributed by atoms with E-state index in [2.05, 4.69) is 17.0 Å². The first-order chi connectivity index (χ1) is 8.70. The Kier molecular flexibility index (Phi) is 4.33. The Labute approximate surface area is 107 Å². The van der Waals surface area contributed by atoms with Gasteiger partial charge in [0.05, 0.1) is 6.61 Å². The van der Waals surface area contributed by atoms with Gasteiger partial charge in [-0.15, -0.1) is 0 Å². The second kappa shape index (κ2) is 5.98. The fourth-order valence-electron chi connectivity index (χ4n) is 2.35. The van der Waals surface area contributed by atoms with Gasteiger partial charge in [0.15, 0.2) is 0 Å². The number of likely N-dealkylation sites (tertiary alicyclic amines) is 1. The largest absolute Gasteiger partial charge is 0.464 e. The van der Waals surface area contributed by atoms with E-state index in [0.717, 1.165) is 13.0 Å². The molecule has 0 unspecified atom stereocenters. The molecule has 98 valence electrons. The normalized spacial score (nSPS) is 23.4. The zero-order valence-electron chi connectivity index (χ0n) is 10.6. The monoisotopic (exact) mass is 249 g/mol. The van der Waals surface area contributed by atoms with Gasteiger partial charge < -0.3 is 9.84 Å². The van der Waals surface area contributed by atoms with E-state index in [1.165, 1.54) is 12.5 Å². The molecule has 2 atom stereocenters. The van der Waals surface area contributed by atoms with Crippen LogP contribution in [-0.2, 0) is 16.1 Å². The Bertz CT molecular complexity index is 393. The summed E-state index contributed by atoms with van der Waals surface area (Å²) in [6.07, 6.45) is 0.886. The lowest BCUT2D eigenvalue weighted by Crippen LogP contribution is -2.58. The number of aliphatic hydroxyl groups is 1. The number of esters is 1. The molecule has 1 N–H and O–H groups in total. The second-order valence-corrected chi connectivity index (χ2v) is 4.69. The molecule has 0 radical (unpaired) electrons. The maximum absolute atomic E-state index is 10.8. The number of hydrogen-bond acceptors (Lipinski definition) is 4. The molecule has 2 rings (SSSR count). The van der Waals surface area contributed by atoms with Crippen LogP contribution in [0.2, 0.25) is 0 Å². The van der Waals surface area contributed by atoms with E-state index in [-0.39, 0.29) is 24.7 Å². The predicted molar refractivity (Wildman–Crippen MR) is 67.9 cm³/mol. The Balaban J connectivity index is 1.92. The maximum atomic E-state index is 10.8. The Morgan fingerprint density at radius 1 is 1.39 bits per heavy atom. The minimum atomic E-state index is -0.248. The summed E-state index contributed by atoms with van der Waals surface area (Å²) in [5, 5.41) is 9.28. The third-order valence-corrected chi connectivity index (χ3v) is 3.38. The van der Waals surface area contributed by atoms with Crippen LogP contribution in [0.3, 0.4) is 0 Å². The molecular formula is C14H19NO3. The van der Waals surface area contributed by atoms with Crippen molar-refractivity contribution < 1.29 is 14.6 Å². The molecule has 1 aromatic rings. The Morgan fingerprint density at radius 3 is 2.72 bits per heavy atom.